The average molecular weight is 388 g/mol. The van der Waals surface area contributed by atoms with Crippen LogP contribution in [0.5, 0.6) is 0 Å². The summed E-state index contributed by atoms with van der Waals surface area (Å²) in [6, 6.07) is 4.07. The highest BCUT2D eigenvalue weighted by atomic mass is 32.2. The Bertz CT molecular complexity index is 798. The molecule has 1 N–H and O–H groups in total. The lowest BCUT2D eigenvalue weighted by atomic mass is 10.1. The molecule has 1 aliphatic rings. The maximum absolute atomic E-state index is 13.4. The van der Waals surface area contributed by atoms with Crippen LogP contribution in [0.25, 0.3) is 0 Å². The zero-order valence-corrected chi connectivity index (χ0v) is 15.3. The van der Waals surface area contributed by atoms with Crippen molar-refractivity contribution in [2.45, 2.75) is 13.0 Å². The van der Waals surface area contributed by atoms with Crippen molar-refractivity contribution >= 4 is 21.9 Å². The molecule has 1 aromatic carbocycles. The van der Waals surface area contributed by atoms with Gasteiger partial charge in [0.05, 0.1) is 19.0 Å². The van der Waals surface area contributed by atoms with E-state index in [1.807, 2.05) is 0 Å². The van der Waals surface area contributed by atoms with Gasteiger partial charge in [-0.1, -0.05) is 0 Å². The number of morpholine rings is 1. The molecule has 1 saturated heterocycles. The van der Waals surface area contributed by atoms with Crippen molar-refractivity contribution in [2.75, 3.05) is 39.0 Å². The van der Waals surface area contributed by atoms with Gasteiger partial charge in [-0.2, -0.15) is 4.31 Å². The zero-order chi connectivity index (χ0) is 19.5. The van der Waals surface area contributed by atoms with Gasteiger partial charge in [0, 0.05) is 25.2 Å². The molecule has 1 unspecified atom stereocenters. The Kier molecular flexibility index (Phi) is 6.32. The number of benzene rings is 1. The number of halogens is 1. The molecular formula is C16H21FN2O6S. The molecule has 0 aromatic heterocycles. The normalized spacial score (nSPS) is 18.2. The number of carboxylic acid groups (broad SMARTS) is 1. The summed E-state index contributed by atoms with van der Waals surface area (Å²) in [6.07, 6.45) is 0.270. The smallest absolute Gasteiger partial charge is 0.318 e. The molecule has 0 saturated carbocycles. The third-order valence-electron chi connectivity index (χ3n) is 4.02. The first kappa shape index (κ1) is 20.3. The predicted octanol–water partition coefficient (Wildman–Crippen LogP) is 0.321. The Morgan fingerprint density at radius 1 is 1.42 bits per heavy atom. The second-order valence-electron chi connectivity index (χ2n) is 6.16. The largest absolute Gasteiger partial charge is 0.480 e. The summed E-state index contributed by atoms with van der Waals surface area (Å²) >= 11 is 0. The van der Waals surface area contributed by atoms with Gasteiger partial charge < -0.3 is 14.7 Å². The Hall–Kier alpha value is -2.04. The monoisotopic (exact) mass is 388 g/mol. The molecule has 1 atom stereocenters. The summed E-state index contributed by atoms with van der Waals surface area (Å²) in [5.74, 6) is -2.00. The first-order chi connectivity index (χ1) is 12.1. The maximum atomic E-state index is 13.4. The first-order valence-corrected chi connectivity index (χ1v) is 9.76. The molecule has 0 aliphatic carbocycles. The highest BCUT2D eigenvalue weighted by molar-refractivity contribution is 7.88. The van der Waals surface area contributed by atoms with E-state index in [0.29, 0.717) is 17.7 Å². The molecule has 1 aliphatic heterocycles. The quantitative estimate of drug-likeness (QED) is 0.753. The topological polar surface area (TPSA) is 104 Å². The van der Waals surface area contributed by atoms with Crippen LogP contribution in [0.1, 0.15) is 15.9 Å². The van der Waals surface area contributed by atoms with E-state index in [1.54, 1.807) is 6.92 Å². The van der Waals surface area contributed by atoms with Gasteiger partial charge in [-0.25, -0.2) is 12.8 Å². The molecular weight excluding hydrogens is 367 g/mol. The Labute approximate surface area is 151 Å². The van der Waals surface area contributed by atoms with Crippen molar-refractivity contribution in [3.8, 4) is 0 Å². The number of carbonyl (C=O) groups is 2. The average Bonchev–Trinajstić information content (AvgIpc) is 2.55. The van der Waals surface area contributed by atoms with Crippen LogP contribution in [0.2, 0.25) is 0 Å². The number of rotatable bonds is 6. The number of ether oxygens (including phenoxy) is 1. The van der Waals surface area contributed by atoms with Crippen LogP contribution in [-0.4, -0.2) is 79.8 Å². The first-order valence-electron chi connectivity index (χ1n) is 7.92. The number of amides is 1. The molecule has 1 fully saturated rings. The van der Waals surface area contributed by atoms with E-state index in [9.17, 15) is 22.4 Å². The third-order valence-corrected chi connectivity index (χ3v) is 5.23. The van der Waals surface area contributed by atoms with Crippen LogP contribution < -0.4 is 0 Å². The molecule has 10 heteroatoms. The van der Waals surface area contributed by atoms with Gasteiger partial charge in [0.2, 0.25) is 10.0 Å². The lowest BCUT2D eigenvalue weighted by Crippen LogP contribution is -2.51. The lowest BCUT2D eigenvalue weighted by Gasteiger charge is -2.35. The molecule has 0 bridgehead atoms. The standard InChI is InChI=1S/C16H21FN2O6S/c1-11-7-12(3-4-14(11)17)16(22)18-5-6-25-13(8-18)9-19(10-15(20)21)26(2,23)24/h3-4,7,13H,5-6,8-10H2,1-2H3,(H,20,21). The van der Waals surface area contributed by atoms with Crippen LogP contribution in [0, 0.1) is 12.7 Å². The van der Waals surface area contributed by atoms with E-state index in [0.717, 1.165) is 10.6 Å². The minimum absolute atomic E-state index is 0.112. The predicted molar refractivity (Wildman–Crippen MR) is 90.8 cm³/mol. The van der Waals surface area contributed by atoms with E-state index >= 15 is 0 Å². The number of hydrogen-bond donors (Lipinski definition) is 1. The third kappa shape index (κ3) is 5.23. The van der Waals surface area contributed by atoms with Crippen molar-refractivity contribution < 1.29 is 32.2 Å². The molecule has 0 spiro atoms. The van der Waals surface area contributed by atoms with Crippen molar-refractivity contribution in [3.05, 3.63) is 35.1 Å². The highest BCUT2D eigenvalue weighted by Crippen LogP contribution is 2.15. The van der Waals surface area contributed by atoms with Crippen LogP contribution in [0.4, 0.5) is 4.39 Å². The number of nitrogens with zero attached hydrogens (tertiary/aromatic N) is 2. The summed E-state index contributed by atoms with van der Waals surface area (Å²) in [4.78, 5) is 25.0. The number of hydrogen-bond acceptors (Lipinski definition) is 5. The molecule has 144 valence electrons. The van der Waals surface area contributed by atoms with Crippen LogP contribution in [-0.2, 0) is 19.6 Å². The molecule has 8 nitrogen and oxygen atoms in total. The Morgan fingerprint density at radius 2 is 2.12 bits per heavy atom. The summed E-state index contributed by atoms with van der Waals surface area (Å²) in [5.41, 5.74) is 0.681. The minimum Gasteiger partial charge on any atom is -0.480 e. The molecule has 1 aromatic rings. The van der Waals surface area contributed by atoms with Crippen molar-refractivity contribution in [3.63, 3.8) is 0 Å². The van der Waals surface area contributed by atoms with Gasteiger partial charge >= 0.3 is 5.97 Å². The molecule has 1 amide bonds. The van der Waals surface area contributed by atoms with Crippen molar-refractivity contribution in [2.24, 2.45) is 0 Å². The van der Waals surface area contributed by atoms with E-state index in [2.05, 4.69) is 0 Å². The number of carboxylic acids is 1. The van der Waals surface area contributed by atoms with Crippen molar-refractivity contribution in [1.82, 2.24) is 9.21 Å². The summed E-state index contributed by atoms with van der Waals surface area (Å²) < 4.78 is 43.1. The number of carbonyl (C=O) groups excluding carboxylic acids is 1. The molecule has 1 heterocycles. The van der Waals surface area contributed by atoms with Crippen LogP contribution >= 0.6 is 0 Å². The summed E-state index contributed by atoms with van der Waals surface area (Å²) in [5, 5.41) is 8.87. The van der Waals surface area contributed by atoms with Crippen molar-refractivity contribution in [1.29, 1.82) is 0 Å². The molecule has 2 rings (SSSR count). The lowest BCUT2D eigenvalue weighted by molar-refractivity contribution is -0.137. The Balaban J connectivity index is 2.09. The molecule has 0 radical (unpaired) electrons. The van der Waals surface area contributed by atoms with Crippen LogP contribution in [0.3, 0.4) is 0 Å². The Morgan fingerprint density at radius 3 is 2.69 bits per heavy atom. The van der Waals surface area contributed by atoms with Gasteiger partial charge in [-0.15, -0.1) is 0 Å². The van der Waals surface area contributed by atoms with E-state index in [-0.39, 0.29) is 25.6 Å². The number of aliphatic carboxylic acids is 1. The summed E-state index contributed by atoms with van der Waals surface area (Å²) in [7, 11) is -3.73. The van der Waals surface area contributed by atoms with Gasteiger partial charge in [0.1, 0.15) is 12.4 Å². The second kappa shape index (κ2) is 8.11. The SMILES string of the molecule is Cc1cc(C(=O)N2CCOC(CN(CC(=O)O)S(C)(=O)=O)C2)ccc1F. The van der Waals surface area contributed by atoms with E-state index in [4.69, 9.17) is 9.84 Å². The fourth-order valence-corrected chi connectivity index (χ4v) is 3.45. The second-order valence-corrected chi connectivity index (χ2v) is 8.14. The fourth-order valence-electron chi connectivity index (χ4n) is 2.67. The molecule has 26 heavy (non-hydrogen) atoms. The van der Waals surface area contributed by atoms with Gasteiger partial charge in [-0.05, 0) is 30.7 Å². The van der Waals surface area contributed by atoms with E-state index < -0.39 is 34.5 Å². The zero-order valence-electron chi connectivity index (χ0n) is 14.5. The number of sulfonamides is 1. The highest BCUT2D eigenvalue weighted by Gasteiger charge is 2.30. The van der Waals surface area contributed by atoms with Gasteiger partial charge in [-0.3, -0.25) is 9.59 Å². The van der Waals surface area contributed by atoms with E-state index in [1.165, 1.54) is 23.1 Å². The summed E-state index contributed by atoms with van der Waals surface area (Å²) in [6.45, 7) is 1.33. The minimum atomic E-state index is -3.73. The van der Waals surface area contributed by atoms with Crippen LogP contribution in [0.15, 0.2) is 18.2 Å². The fraction of sp³-hybridized carbons (Fsp3) is 0.500. The maximum Gasteiger partial charge on any atom is 0.318 e. The van der Waals surface area contributed by atoms with Gasteiger partial charge in [0.15, 0.2) is 0 Å². The van der Waals surface area contributed by atoms with Gasteiger partial charge in [0.25, 0.3) is 5.91 Å². The number of aryl methyl sites for hydroxylation is 1.